The molecule has 10 N–H and O–H groups in total. The summed E-state index contributed by atoms with van der Waals surface area (Å²) in [5, 5.41) is 54.7. The Hall–Kier alpha value is -10.2. The van der Waals surface area contributed by atoms with Crippen LogP contribution < -0.4 is 46.3 Å². The fourth-order valence-corrected chi connectivity index (χ4v) is 15.0. The molecule has 6 aromatic rings. The summed E-state index contributed by atoms with van der Waals surface area (Å²) < 4.78 is 56.2. The lowest BCUT2D eigenvalue weighted by Gasteiger charge is -2.38. The molecule has 5 heterocycles. The normalized spacial score (nSPS) is 18.5. The highest BCUT2D eigenvalue weighted by atomic mass is 35.5. The number of primary amides is 1. The van der Waals surface area contributed by atoms with Gasteiger partial charge in [0.2, 0.25) is 24.0 Å². The number of nitrogens with two attached hydrogens (primary N) is 1. The largest absolute Gasteiger partial charge is 0.479 e. The van der Waals surface area contributed by atoms with Crippen LogP contribution in [0.15, 0.2) is 109 Å². The smallest absolute Gasteiger partial charge is 0.415 e. The van der Waals surface area contributed by atoms with Crippen LogP contribution in [0.3, 0.4) is 0 Å². The summed E-state index contributed by atoms with van der Waals surface area (Å²) in [6.07, 6.45) is -8.26. The third kappa shape index (κ3) is 24.1. The molecule has 1 aromatic heterocycles. The maximum absolute atomic E-state index is 14.9. The number of carboxylic acid groups (broad SMARTS) is 1. The fraction of sp³-hybridized carbons (Fsp3) is 0.469. The van der Waals surface area contributed by atoms with Crippen molar-refractivity contribution in [3.8, 4) is 11.5 Å². The number of anilines is 3. The topological polar surface area (TPSA) is 451 Å². The Morgan fingerprint density at radius 2 is 1.11 bits per heavy atom. The summed E-state index contributed by atoms with van der Waals surface area (Å²) in [4.78, 5) is 151. The zero-order valence-corrected chi connectivity index (χ0v) is 68.3. The molecule has 10 rings (SSSR count). The SMILES string of the molecule is CC(C)[C@H](NC(=O)CCOCCOCCOCCOCCOCCOCCN1C(=O)C=CC1=O)C(=O)N[C@@H](CCCNC(N)=O)C(=O)Nc1ccc(COC(=O)N(C)CCN(C)C(=O)Oc2cc3c(c4ccccc24)[C@H](CCl)CN3C(=O)c2ccc(C(=O)N3C[C@@H](CCl)c4c3cc(O[C@@H]3O[C@H](C(=O)O)[C@@H](O)[C@H](O)[C@H]3O)c3ccccc43)s2)cc1. The van der Waals surface area contributed by atoms with Crippen LogP contribution in [0.25, 0.3) is 21.5 Å². The van der Waals surface area contributed by atoms with Gasteiger partial charge < -0.3 is 114 Å². The Morgan fingerprint density at radius 3 is 1.62 bits per heavy atom. The van der Waals surface area contributed by atoms with Gasteiger partial charge in [0.05, 0.1) is 107 Å². The molecule has 0 saturated carbocycles. The van der Waals surface area contributed by atoms with Crippen LogP contribution in [0.1, 0.15) is 81.0 Å². The lowest BCUT2D eigenvalue weighted by Crippen LogP contribution is -2.61. The van der Waals surface area contributed by atoms with E-state index in [1.165, 1.54) is 51.9 Å². The second-order valence-corrected chi connectivity index (χ2v) is 30.3. The molecule has 642 valence electrons. The average Bonchev–Trinajstić information content (AvgIpc) is 1.61. The Labute approximate surface area is 699 Å². The molecular weight excluding hydrogens is 1620 g/mol. The number of aliphatic hydroxyl groups is 3. The molecule has 0 spiro atoms. The maximum atomic E-state index is 14.9. The zero-order valence-electron chi connectivity index (χ0n) is 66.0. The van der Waals surface area contributed by atoms with Crippen molar-refractivity contribution in [3.05, 3.63) is 136 Å². The third-order valence-corrected chi connectivity index (χ3v) is 21.7. The van der Waals surface area contributed by atoms with Gasteiger partial charge in [-0.15, -0.1) is 34.5 Å². The summed E-state index contributed by atoms with van der Waals surface area (Å²) in [6, 6.07) is 23.9. The van der Waals surface area contributed by atoms with E-state index >= 15 is 0 Å². The molecule has 119 heavy (non-hydrogen) atoms. The van der Waals surface area contributed by atoms with E-state index in [0.717, 1.165) is 21.8 Å². The van der Waals surface area contributed by atoms with E-state index in [9.17, 15) is 73.2 Å². The molecular formula is C81H98Cl2N10O25S. The predicted octanol–water partition coefficient (Wildman–Crippen LogP) is 5.42. The number of carbonyl (C=O) groups is 11. The molecule has 1 fully saturated rings. The van der Waals surface area contributed by atoms with Gasteiger partial charge in [-0.1, -0.05) is 74.5 Å². The van der Waals surface area contributed by atoms with E-state index in [1.54, 1.807) is 92.7 Å². The van der Waals surface area contributed by atoms with E-state index in [0.29, 0.717) is 103 Å². The zero-order chi connectivity index (χ0) is 85.4. The number of alkyl halides is 2. The van der Waals surface area contributed by atoms with Crippen LogP contribution in [-0.4, -0.2) is 288 Å². The summed E-state index contributed by atoms with van der Waals surface area (Å²) in [7, 11) is 2.98. The van der Waals surface area contributed by atoms with Gasteiger partial charge >= 0.3 is 24.2 Å². The van der Waals surface area contributed by atoms with Crippen molar-refractivity contribution < 1.29 is 121 Å². The maximum Gasteiger partial charge on any atom is 0.415 e. The number of thiophene rings is 1. The number of imide groups is 1. The summed E-state index contributed by atoms with van der Waals surface area (Å²) in [6.45, 7) is 7.22. The van der Waals surface area contributed by atoms with Crippen LogP contribution >= 0.6 is 34.5 Å². The molecule has 4 aliphatic rings. The molecule has 5 aromatic carbocycles. The fourth-order valence-electron chi connectivity index (χ4n) is 13.6. The van der Waals surface area contributed by atoms with Crippen molar-refractivity contribution in [2.24, 2.45) is 11.7 Å². The molecule has 1 saturated heterocycles. The highest BCUT2D eigenvalue weighted by Crippen LogP contribution is 2.49. The average molecular weight is 1710 g/mol. The Kier molecular flexibility index (Phi) is 33.8. The molecule has 0 aliphatic carbocycles. The number of hydrogen-bond acceptors (Lipinski definition) is 25. The van der Waals surface area contributed by atoms with Crippen LogP contribution in [0.4, 0.5) is 31.4 Å². The number of urea groups is 1. The van der Waals surface area contributed by atoms with E-state index in [1.807, 2.05) is 12.1 Å². The number of likely N-dealkylation sites (N-methyl/N-ethyl adjacent to an activating group) is 2. The van der Waals surface area contributed by atoms with Crippen molar-refractivity contribution >= 4 is 139 Å². The molecule has 35 nitrogen and oxygen atoms in total. The quantitative estimate of drug-likeness (QED) is 0.0131. The number of amides is 11. The number of rotatable bonds is 44. The van der Waals surface area contributed by atoms with Gasteiger partial charge in [-0.3, -0.25) is 38.5 Å². The Bertz CT molecular complexity index is 4600. The molecule has 0 bridgehead atoms. The number of aliphatic carboxylic acids is 1. The number of benzene rings is 5. The monoisotopic (exact) mass is 1710 g/mol. The standard InChI is InChI=1S/C81H98Cl2N10O25S/c1-47(2)68(88-63(94)23-28-109-30-32-111-34-36-113-38-39-114-37-35-112-33-31-110-29-27-91-64(95)21-22-65(91)96)74(101)87-56(14-9-24-85-79(84)106)73(100)86-51-17-15-48(16-18-51)46-115-80(107)89(3)25-26-90(4)81(108)117-60-41-58-67(55-13-8-6-11-53(55)60)50(43-83)45-93(58)76(103)62-20-19-61(119-62)75(102)92-44-49(42-82)66-54-12-7-5-10-52(54)59(40-57(66)92)116-78-71(99)69(97)70(98)72(118-78)77(104)105/h5-8,10-13,15-22,40-41,47,49-50,56,68-72,78,97-99H,9,14,23-39,42-46H2,1-4H3,(H,86,100)(H,87,101)(H,88,94)(H,104,105)(H3,84,85,106)/t49-,50-,56+,68+,69+,70+,71-,72+,78-/m1/s1. The lowest BCUT2D eigenvalue weighted by molar-refractivity contribution is -0.270. The van der Waals surface area contributed by atoms with Crippen LogP contribution in [-0.2, 0) is 73.3 Å². The van der Waals surface area contributed by atoms with E-state index in [-0.39, 0.29) is 148 Å². The van der Waals surface area contributed by atoms with Crippen molar-refractivity contribution in [2.45, 2.75) is 94.3 Å². The van der Waals surface area contributed by atoms with Crippen molar-refractivity contribution in [1.29, 1.82) is 0 Å². The molecule has 0 radical (unpaired) electrons. The number of aliphatic hydroxyl groups excluding tert-OH is 3. The van der Waals surface area contributed by atoms with Gasteiger partial charge in [0.25, 0.3) is 23.6 Å². The minimum atomic E-state index is -1.96. The van der Waals surface area contributed by atoms with E-state index in [2.05, 4.69) is 21.3 Å². The molecule has 38 heteroatoms. The van der Waals surface area contributed by atoms with E-state index < -0.39 is 102 Å². The van der Waals surface area contributed by atoms with Gasteiger partial charge in [-0.2, -0.15) is 0 Å². The van der Waals surface area contributed by atoms with Crippen molar-refractivity contribution in [1.82, 2.24) is 30.7 Å². The molecule has 0 unspecified atom stereocenters. The number of fused-ring (bicyclic) bond motifs is 6. The van der Waals surface area contributed by atoms with Gasteiger partial charge in [0, 0.05) is 118 Å². The number of nitrogens with one attached hydrogen (secondary N) is 4. The number of nitrogens with zero attached hydrogens (tertiary/aromatic N) is 5. The first kappa shape index (κ1) is 91.1. The number of hydrogen-bond donors (Lipinski definition) is 9. The lowest BCUT2D eigenvalue weighted by atomic mass is 9.95. The van der Waals surface area contributed by atoms with Crippen LogP contribution in [0.5, 0.6) is 11.5 Å². The highest BCUT2D eigenvalue weighted by Gasteiger charge is 2.49. The Morgan fingerprint density at radius 1 is 0.613 bits per heavy atom. The number of ether oxygens (including phenoxy) is 10. The van der Waals surface area contributed by atoms with Crippen molar-refractivity contribution in [3.63, 3.8) is 0 Å². The first-order valence-corrected chi connectivity index (χ1v) is 40.5. The Balaban J connectivity index is 0.655. The highest BCUT2D eigenvalue weighted by molar-refractivity contribution is 7.16. The first-order chi connectivity index (χ1) is 57.3. The number of halogens is 2. The second-order valence-electron chi connectivity index (χ2n) is 28.6. The van der Waals surface area contributed by atoms with Gasteiger partial charge in [0.15, 0.2) is 6.10 Å². The molecule has 9 atom stereocenters. The van der Waals surface area contributed by atoms with Crippen molar-refractivity contribution in [2.75, 3.05) is 160 Å². The molecule has 4 aliphatic heterocycles. The summed E-state index contributed by atoms with van der Waals surface area (Å²) >= 11 is 14.2. The van der Waals surface area contributed by atoms with Gasteiger partial charge in [0.1, 0.15) is 48.5 Å². The minimum absolute atomic E-state index is 0.00740. The van der Waals surface area contributed by atoms with Crippen LogP contribution in [0, 0.1) is 5.92 Å². The van der Waals surface area contributed by atoms with Crippen LogP contribution in [0.2, 0.25) is 0 Å². The molecule has 11 amide bonds. The minimum Gasteiger partial charge on any atom is -0.479 e. The van der Waals surface area contributed by atoms with E-state index in [4.69, 9.17) is 76.3 Å². The summed E-state index contributed by atoms with van der Waals surface area (Å²) in [5.41, 5.74) is 8.42. The second kappa shape index (κ2) is 44.2. The van der Waals surface area contributed by atoms with Gasteiger partial charge in [-0.25, -0.2) is 19.2 Å². The first-order valence-electron chi connectivity index (χ1n) is 38.7. The number of carboxylic acids is 1. The predicted molar refractivity (Wildman–Crippen MR) is 435 cm³/mol. The summed E-state index contributed by atoms with van der Waals surface area (Å²) in [5.74, 6) is -5.63. The van der Waals surface area contributed by atoms with Gasteiger partial charge in [-0.05, 0) is 70.5 Å². The third-order valence-electron chi connectivity index (χ3n) is 19.9. The number of carbonyl (C=O) groups excluding carboxylic acids is 10.